The van der Waals surface area contributed by atoms with Gasteiger partial charge < -0.3 is 10.5 Å². The number of hydrogen-bond donors (Lipinski definition) is 1. The summed E-state index contributed by atoms with van der Waals surface area (Å²) in [5.41, 5.74) is 6.78. The van der Waals surface area contributed by atoms with Crippen LogP contribution in [0.3, 0.4) is 0 Å². The Balaban J connectivity index is 2.16. The third kappa shape index (κ3) is 2.36. The maximum Gasteiger partial charge on any atom is 0.166 e. The number of nitrogen functional groups attached to an aromatic ring is 1. The molecule has 1 aromatic rings. The zero-order valence-electron chi connectivity index (χ0n) is 8.91. The van der Waals surface area contributed by atoms with Gasteiger partial charge in [-0.1, -0.05) is 11.6 Å². The molecule has 2 rings (SSSR count). The summed E-state index contributed by atoms with van der Waals surface area (Å²) < 4.78 is 5.23. The molecule has 0 amide bonds. The first-order valence-corrected chi connectivity index (χ1v) is 5.73. The highest BCUT2D eigenvalue weighted by molar-refractivity contribution is 6.33. The second-order valence-corrected chi connectivity index (χ2v) is 4.39. The van der Waals surface area contributed by atoms with E-state index >= 15 is 0 Å². The van der Waals surface area contributed by atoms with E-state index in [0.29, 0.717) is 29.5 Å². The molecule has 1 saturated heterocycles. The van der Waals surface area contributed by atoms with E-state index in [1.54, 1.807) is 18.2 Å². The lowest BCUT2D eigenvalue weighted by atomic mass is 9.91. The van der Waals surface area contributed by atoms with Gasteiger partial charge in [-0.05, 0) is 31.0 Å². The van der Waals surface area contributed by atoms with Crippen molar-refractivity contribution in [3.63, 3.8) is 0 Å². The molecule has 4 heteroatoms. The van der Waals surface area contributed by atoms with Crippen LogP contribution >= 0.6 is 11.6 Å². The second-order valence-electron chi connectivity index (χ2n) is 3.99. The molecule has 1 aliphatic heterocycles. The number of carbonyl (C=O) groups is 1. The minimum absolute atomic E-state index is 0.0642. The largest absolute Gasteiger partial charge is 0.398 e. The molecule has 86 valence electrons. The van der Waals surface area contributed by atoms with Gasteiger partial charge in [-0.25, -0.2) is 0 Å². The summed E-state index contributed by atoms with van der Waals surface area (Å²) in [5, 5.41) is 0.489. The number of anilines is 1. The molecule has 0 aromatic heterocycles. The molecular weight excluding hydrogens is 226 g/mol. The minimum Gasteiger partial charge on any atom is -0.398 e. The lowest BCUT2D eigenvalue weighted by Crippen LogP contribution is -2.23. The van der Waals surface area contributed by atoms with E-state index in [9.17, 15) is 4.79 Å². The number of halogens is 1. The van der Waals surface area contributed by atoms with Gasteiger partial charge in [-0.15, -0.1) is 0 Å². The molecular formula is C12H14ClNO2. The van der Waals surface area contributed by atoms with Gasteiger partial charge in [0.05, 0.1) is 10.7 Å². The number of rotatable bonds is 2. The Morgan fingerprint density at radius 1 is 1.38 bits per heavy atom. The fourth-order valence-corrected chi connectivity index (χ4v) is 2.01. The third-order valence-electron chi connectivity index (χ3n) is 2.87. The van der Waals surface area contributed by atoms with Gasteiger partial charge in [0.2, 0.25) is 0 Å². The Morgan fingerprint density at radius 3 is 2.69 bits per heavy atom. The van der Waals surface area contributed by atoms with Crippen molar-refractivity contribution in [2.24, 2.45) is 5.92 Å². The Morgan fingerprint density at radius 2 is 2.06 bits per heavy atom. The van der Waals surface area contributed by atoms with Gasteiger partial charge in [0, 0.05) is 24.7 Å². The molecule has 0 unspecified atom stereocenters. The van der Waals surface area contributed by atoms with E-state index in [1.165, 1.54) is 0 Å². The lowest BCUT2D eigenvalue weighted by Gasteiger charge is -2.20. The molecule has 1 aliphatic rings. The predicted octanol–water partition coefficient (Wildman–Crippen LogP) is 2.53. The summed E-state index contributed by atoms with van der Waals surface area (Å²) in [5.74, 6) is 0.209. The Hall–Kier alpha value is -1.06. The summed E-state index contributed by atoms with van der Waals surface area (Å²) in [6, 6.07) is 5.06. The van der Waals surface area contributed by atoms with Crippen molar-refractivity contribution in [1.29, 1.82) is 0 Å². The van der Waals surface area contributed by atoms with Crippen molar-refractivity contribution >= 4 is 23.1 Å². The lowest BCUT2D eigenvalue weighted by molar-refractivity contribution is 0.0545. The number of carbonyl (C=O) groups excluding carboxylic acids is 1. The van der Waals surface area contributed by atoms with E-state index in [4.69, 9.17) is 22.1 Å². The molecule has 0 saturated carbocycles. The molecule has 1 heterocycles. The van der Waals surface area contributed by atoms with Crippen molar-refractivity contribution in [1.82, 2.24) is 0 Å². The molecule has 0 bridgehead atoms. The average Bonchev–Trinajstić information content (AvgIpc) is 2.33. The van der Waals surface area contributed by atoms with Gasteiger partial charge in [-0.3, -0.25) is 4.79 Å². The highest BCUT2D eigenvalue weighted by Crippen LogP contribution is 2.24. The summed E-state index contributed by atoms with van der Waals surface area (Å²) in [7, 11) is 0. The molecule has 0 spiro atoms. The summed E-state index contributed by atoms with van der Waals surface area (Å²) in [6.07, 6.45) is 1.59. The van der Waals surface area contributed by atoms with Crippen LogP contribution in [-0.2, 0) is 4.74 Å². The standard InChI is InChI=1S/C12H14ClNO2/c13-10-2-1-9(7-11(10)14)12(15)8-3-5-16-6-4-8/h1-2,7-8H,3-6,14H2. The van der Waals surface area contributed by atoms with E-state index in [0.717, 1.165) is 12.8 Å². The normalized spacial score (nSPS) is 17.3. The summed E-state index contributed by atoms with van der Waals surface area (Å²) in [6.45, 7) is 1.33. The molecule has 3 nitrogen and oxygen atoms in total. The molecule has 16 heavy (non-hydrogen) atoms. The fourth-order valence-electron chi connectivity index (χ4n) is 1.89. The minimum atomic E-state index is 0.0642. The van der Waals surface area contributed by atoms with Gasteiger partial charge in [0.15, 0.2) is 5.78 Å². The van der Waals surface area contributed by atoms with Gasteiger partial charge in [0.1, 0.15) is 0 Å². The average molecular weight is 240 g/mol. The molecule has 1 aromatic carbocycles. The van der Waals surface area contributed by atoms with Crippen molar-refractivity contribution in [2.75, 3.05) is 18.9 Å². The fraction of sp³-hybridized carbons (Fsp3) is 0.417. The molecule has 2 N–H and O–H groups in total. The van der Waals surface area contributed by atoms with E-state index in [2.05, 4.69) is 0 Å². The Kier molecular flexibility index (Phi) is 3.46. The quantitative estimate of drug-likeness (QED) is 0.637. The number of ether oxygens (including phenoxy) is 1. The number of nitrogens with two attached hydrogens (primary N) is 1. The monoisotopic (exact) mass is 239 g/mol. The first kappa shape index (κ1) is 11.4. The van der Waals surface area contributed by atoms with Gasteiger partial charge >= 0.3 is 0 Å². The van der Waals surface area contributed by atoms with Crippen LogP contribution in [0.5, 0.6) is 0 Å². The second kappa shape index (κ2) is 4.85. The first-order valence-electron chi connectivity index (χ1n) is 5.35. The molecule has 0 atom stereocenters. The van der Waals surface area contributed by atoms with Crippen molar-refractivity contribution in [3.8, 4) is 0 Å². The number of benzene rings is 1. The topological polar surface area (TPSA) is 52.3 Å². The van der Waals surface area contributed by atoms with Gasteiger partial charge in [0.25, 0.3) is 0 Å². The smallest absolute Gasteiger partial charge is 0.166 e. The van der Waals surface area contributed by atoms with Crippen LogP contribution in [0.1, 0.15) is 23.2 Å². The number of ketones is 1. The van der Waals surface area contributed by atoms with Crippen molar-refractivity contribution < 1.29 is 9.53 Å². The van der Waals surface area contributed by atoms with Crippen LogP contribution in [0, 0.1) is 5.92 Å². The third-order valence-corrected chi connectivity index (χ3v) is 3.22. The Labute approximate surface area is 99.5 Å². The van der Waals surface area contributed by atoms with Crippen LogP contribution in [0.2, 0.25) is 5.02 Å². The van der Waals surface area contributed by atoms with E-state index < -0.39 is 0 Å². The van der Waals surface area contributed by atoms with Crippen LogP contribution < -0.4 is 5.73 Å². The van der Waals surface area contributed by atoms with Crippen LogP contribution in [0.25, 0.3) is 0 Å². The zero-order chi connectivity index (χ0) is 11.5. The predicted molar refractivity (Wildman–Crippen MR) is 63.7 cm³/mol. The maximum absolute atomic E-state index is 12.1. The molecule has 1 fully saturated rings. The highest BCUT2D eigenvalue weighted by Gasteiger charge is 2.22. The SMILES string of the molecule is Nc1cc(C(=O)C2CCOCC2)ccc1Cl. The Bertz CT molecular complexity index is 400. The maximum atomic E-state index is 12.1. The number of hydrogen-bond acceptors (Lipinski definition) is 3. The first-order chi connectivity index (χ1) is 7.68. The summed E-state index contributed by atoms with van der Waals surface area (Å²) in [4.78, 5) is 12.1. The van der Waals surface area contributed by atoms with Crippen LogP contribution in [-0.4, -0.2) is 19.0 Å². The van der Waals surface area contributed by atoms with Gasteiger partial charge in [-0.2, -0.15) is 0 Å². The molecule has 0 radical (unpaired) electrons. The highest BCUT2D eigenvalue weighted by atomic mass is 35.5. The van der Waals surface area contributed by atoms with Crippen molar-refractivity contribution in [3.05, 3.63) is 28.8 Å². The number of Topliss-reactive ketones (excluding diaryl/α,β-unsaturated/α-hetero) is 1. The molecule has 0 aliphatic carbocycles. The summed E-state index contributed by atoms with van der Waals surface area (Å²) >= 11 is 5.81. The van der Waals surface area contributed by atoms with E-state index in [-0.39, 0.29) is 11.7 Å². The van der Waals surface area contributed by atoms with Crippen LogP contribution in [0.4, 0.5) is 5.69 Å². The van der Waals surface area contributed by atoms with E-state index in [1.807, 2.05) is 0 Å². The van der Waals surface area contributed by atoms with Crippen molar-refractivity contribution in [2.45, 2.75) is 12.8 Å². The zero-order valence-corrected chi connectivity index (χ0v) is 9.67. The van der Waals surface area contributed by atoms with Crippen LogP contribution in [0.15, 0.2) is 18.2 Å².